The smallest absolute Gasteiger partial charge is 0.266 e. The summed E-state index contributed by atoms with van der Waals surface area (Å²) in [6, 6.07) is 4.57. The molecule has 136 valence electrons. The molecule has 0 saturated heterocycles. The summed E-state index contributed by atoms with van der Waals surface area (Å²) in [5.74, 6) is -0.754. The van der Waals surface area contributed by atoms with Gasteiger partial charge < -0.3 is 15.0 Å². The van der Waals surface area contributed by atoms with Crippen LogP contribution in [0.4, 0.5) is 10.2 Å². The first kappa shape index (κ1) is 16.7. The van der Waals surface area contributed by atoms with Crippen LogP contribution < -0.4 is 9.46 Å². The Labute approximate surface area is 147 Å². The lowest BCUT2D eigenvalue weighted by atomic mass is 10.3. The van der Waals surface area contributed by atoms with Crippen molar-refractivity contribution in [3.8, 4) is 5.75 Å². The highest BCUT2D eigenvalue weighted by molar-refractivity contribution is 7.92. The Bertz CT molecular complexity index is 1080. The van der Waals surface area contributed by atoms with Gasteiger partial charge in [0.2, 0.25) is 0 Å². The molecule has 0 amide bonds. The van der Waals surface area contributed by atoms with Crippen molar-refractivity contribution >= 4 is 21.5 Å². The van der Waals surface area contributed by atoms with E-state index in [1.54, 1.807) is 0 Å². The minimum Gasteiger partial charge on any atom is -0.785 e. The van der Waals surface area contributed by atoms with Crippen LogP contribution in [0.3, 0.4) is 0 Å². The van der Waals surface area contributed by atoms with Gasteiger partial charge in [0.05, 0.1) is 6.20 Å². The molecule has 0 radical (unpaired) electrons. The highest BCUT2D eigenvalue weighted by Crippen LogP contribution is 2.27. The van der Waals surface area contributed by atoms with Crippen molar-refractivity contribution < 1.29 is 17.5 Å². The molecule has 2 bridgehead atoms. The number of nitrogens with zero attached hydrogens (tertiary/aromatic N) is 4. The summed E-state index contributed by atoms with van der Waals surface area (Å²) in [6.07, 6.45) is 3.01. The maximum Gasteiger partial charge on any atom is 0.266 e. The van der Waals surface area contributed by atoms with Gasteiger partial charge in [0.15, 0.2) is 5.65 Å². The second-order valence-corrected chi connectivity index (χ2v) is 7.31. The molecular weight excluding hydrogens is 365 g/mol. The van der Waals surface area contributed by atoms with E-state index in [0.717, 1.165) is 17.2 Å². The molecule has 0 unspecified atom stereocenters. The van der Waals surface area contributed by atoms with Crippen molar-refractivity contribution in [1.82, 2.24) is 19.7 Å². The molecule has 1 aromatic carbocycles. The van der Waals surface area contributed by atoms with E-state index in [-0.39, 0.29) is 36.2 Å². The molecule has 0 fully saturated rings. The number of benzene rings is 1. The molecule has 0 atom stereocenters. The predicted molar refractivity (Wildman–Crippen MR) is 89.5 cm³/mol. The summed E-state index contributed by atoms with van der Waals surface area (Å²) in [4.78, 5) is 3.85. The zero-order valence-corrected chi connectivity index (χ0v) is 14.1. The standard InChI is InChI=1S/C15H13FN5O4S/c16-11-1-2-12-13(7-11)26(23,24)19-14-3-4-21-15(18-14)10(8-17-21)9-20(22)5-6-25-12/h1-4,7-8H,5-6,9H2,(H,18,19)/q-1. The van der Waals surface area contributed by atoms with Crippen LogP contribution >= 0.6 is 0 Å². The van der Waals surface area contributed by atoms with Gasteiger partial charge in [0.1, 0.15) is 28.9 Å². The van der Waals surface area contributed by atoms with Crippen molar-refractivity contribution in [2.24, 2.45) is 0 Å². The molecule has 1 aliphatic heterocycles. The fourth-order valence-electron chi connectivity index (χ4n) is 2.61. The quantitative estimate of drug-likeness (QED) is 0.628. The monoisotopic (exact) mass is 378 g/mol. The van der Waals surface area contributed by atoms with Crippen LogP contribution in [-0.2, 0) is 16.6 Å². The Hall–Kier alpha value is -2.76. The molecule has 1 aliphatic rings. The molecule has 2 aromatic heterocycles. The number of halogens is 1. The third-order valence-corrected chi connectivity index (χ3v) is 5.20. The highest BCUT2D eigenvalue weighted by atomic mass is 32.2. The van der Waals surface area contributed by atoms with E-state index < -0.39 is 15.8 Å². The molecule has 4 rings (SSSR count). The van der Waals surface area contributed by atoms with Gasteiger partial charge in [-0.1, -0.05) is 0 Å². The normalized spacial score (nSPS) is 17.5. The van der Waals surface area contributed by atoms with Crippen molar-refractivity contribution in [1.29, 1.82) is 0 Å². The van der Waals surface area contributed by atoms with Crippen molar-refractivity contribution in [3.05, 3.63) is 53.2 Å². The second-order valence-electron chi connectivity index (χ2n) is 5.66. The molecule has 0 saturated carbocycles. The minimum absolute atomic E-state index is 0.0126. The zero-order chi connectivity index (χ0) is 18.3. The van der Waals surface area contributed by atoms with E-state index in [2.05, 4.69) is 14.8 Å². The Morgan fingerprint density at radius 1 is 1.31 bits per heavy atom. The third kappa shape index (κ3) is 3.07. The number of aromatic nitrogens is 3. The highest BCUT2D eigenvalue weighted by Gasteiger charge is 2.22. The lowest BCUT2D eigenvalue weighted by Gasteiger charge is -2.27. The van der Waals surface area contributed by atoms with Gasteiger partial charge in [-0.3, -0.25) is 4.72 Å². The average Bonchev–Trinajstić information content (AvgIpc) is 2.97. The summed E-state index contributed by atoms with van der Waals surface area (Å²) >= 11 is 0. The summed E-state index contributed by atoms with van der Waals surface area (Å²) < 4.78 is 48.1. The van der Waals surface area contributed by atoms with Crippen LogP contribution in [0.25, 0.3) is 5.65 Å². The number of nitrogens with one attached hydrogen (secondary N) is 1. The van der Waals surface area contributed by atoms with Gasteiger partial charge >= 0.3 is 0 Å². The minimum atomic E-state index is -4.15. The number of anilines is 1. The van der Waals surface area contributed by atoms with Crippen LogP contribution in [0, 0.1) is 11.0 Å². The van der Waals surface area contributed by atoms with Gasteiger partial charge in [-0.05, 0) is 24.3 Å². The SMILES string of the molecule is O=S1(=O)Nc2ccn3ncc(c3n2)CN([O-])CCOc2ccc(F)cc21. The molecule has 3 heterocycles. The second kappa shape index (κ2) is 6.20. The first-order valence-corrected chi connectivity index (χ1v) is 9.11. The van der Waals surface area contributed by atoms with Gasteiger partial charge in [-0.15, -0.1) is 0 Å². The van der Waals surface area contributed by atoms with Crippen molar-refractivity contribution in [2.45, 2.75) is 11.4 Å². The number of hydrogen-bond acceptors (Lipinski definition) is 7. The van der Waals surface area contributed by atoms with E-state index in [1.807, 2.05) is 0 Å². The summed E-state index contributed by atoms with van der Waals surface area (Å²) in [6.45, 7) is -0.0548. The molecule has 11 heteroatoms. The predicted octanol–water partition coefficient (Wildman–Crippen LogP) is 1.36. The lowest BCUT2D eigenvalue weighted by molar-refractivity contribution is 0.246. The van der Waals surface area contributed by atoms with Gasteiger partial charge in [0, 0.05) is 24.8 Å². The van der Waals surface area contributed by atoms with Crippen LogP contribution in [0.1, 0.15) is 5.56 Å². The maximum atomic E-state index is 13.6. The Morgan fingerprint density at radius 2 is 2.15 bits per heavy atom. The molecule has 1 N–H and O–H groups in total. The van der Waals surface area contributed by atoms with E-state index in [1.165, 1.54) is 29.0 Å². The summed E-state index contributed by atoms with van der Waals surface area (Å²) in [5.41, 5.74) is 0.898. The van der Waals surface area contributed by atoms with Crippen LogP contribution in [0.15, 0.2) is 41.6 Å². The number of hydrogen-bond donors (Lipinski definition) is 1. The molecule has 3 aromatic rings. The fraction of sp³-hybridized carbons (Fsp3) is 0.200. The fourth-order valence-corrected chi connectivity index (χ4v) is 3.77. The molecule has 26 heavy (non-hydrogen) atoms. The van der Waals surface area contributed by atoms with Crippen LogP contribution in [-0.4, -0.2) is 41.2 Å². The topological polar surface area (TPSA) is 112 Å². The van der Waals surface area contributed by atoms with E-state index >= 15 is 0 Å². The Kier molecular flexibility index (Phi) is 3.98. The number of hydroxylamine groups is 2. The van der Waals surface area contributed by atoms with Crippen LogP contribution in [0.5, 0.6) is 5.75 Å². The lowest BCUT2D eigenvalue weighted by Crippen LogP contribution is -2.22. The summed E-state index contributed by atoms with van der Waals surface area (Å²) in [5, 5.41) is 16.9. The number of rotatable bonds is 0. The largest absolute Gasteiger partial charge is 0.785 e. The number of sulfonamides is 1. The van der Waals surface area contributed by atoms with Gasteiger partial charge in [-0.2, -0.15) is 5.10 Å². The van der Waals surface area contributed by atoms with Crippen LogP contribution in [0.2, 0.25) is 0 Å². The summed E-state index contributed by atoms with van der Waals surface area (Å²) in [7, 11) is -4.15. The van der Waals surface area contributed by atoms with Gasteiger partial charge in [0.25, 0.3) is 10.0 Å². The first-order chi connectivity index (χ1) is 12.4. The first-order valence-electron chi connectivity index (χ1n) is 7.63. The van der Waals surface area contributed by atoms with Crippen molar-refractivity contribution in [3.63, 3.8) is 0 Å². The Balaban J connectivity index is 1.86. The molecule has 0 aliphatic carbocycles. The van der Waals surface area contributed by atoms with E-state index in [4.69, 9.17) is 4.74 Å². The molecular formula is C15H13FN5O4S-. The molecule has 0 spiro atoms. The maximum absolute atomic E-state index is 13.6. The van der Waals surface area contributed by atoms with Gasteiger partial charge in [-0.25, -0.2) is 22.3 Å². The average molecular weight is 378 g/mol. The Morgan fingerprint density at radius 3 is 3.00 bits per heavy atom. The van der Waals surface area contributed by atoms with E-state index in [9.17, 15) is 18.0 Å². The molecule has 9 nitrogen and oxygen atoms in total. The number of ether oxygens (including phenoxy) is 1. The zero-order valence-electron chi connectivity index (χ0n) is 13.3. The van der Waals surface area contributed by atoms with E-state index in [0.29, 0.717) is 11.2 Å². The number of fused-ring (bicyclic) bond motifs is 2. The third-order valence-electron chi connectivity index (χ3n) is 3.82. The van der Waals surface area contributed by atoms with Crippen molar-refractivity contribution in [2.75, 3.05) is 17.9 Å².